The number of carbonyl (C=O) groups excluding carboxylic acids is 1. The van der Waals surface area contributed by atoms with Gasteiger partial charge < -0.3 is 10.1 Å². The molecule has 0 aliphatic heterocycles. The molecule has 9 heteroatoms. The fourth-order valence-electron chi connectivity index (χ4n) is 3.28. The molecule has 1 amide bonds. The second kappa shape index (κ2) is 8.46. The number of anilines is 1. The molecule has 2 heterocycles. The Morgan fingerprint density at radius 1 is 1.06 bits per heavy atom. The van der Waals surface area contributed by atoms with Gasteiger partial charge in [0.25, 0.3) is 5.56 Å². The van der Waals surface area contributed by atoms with Gasteiger partial charge in [-0.2, -0.15) is 0 Å². The Hall–Kier alpha value is -4.27. The van der Waals surface area contributed by atoms with Gasteiger partial charge in [-0.25, -0.2) is 14.8 Å². The Labute approximate surface area is 182 Å². The van der Waals surface area contributed by atoms with Crippen LogP contribution in [0.2, 0.25) is 0 Å². The van der Waals surface area contributed by atoms with Crippen LogP contribution in [-0.4, -0.2) is 32.1 Å². The predicted octanol–water partition coefficient (Wildman–Crippen LogP) is 2.11. The van der Waals surface area contributed by atoms with Gasteiger partial charge in [-0.3, -0.25) is 18.7 Å². The zero-order valence-corrected chi connectivity index (χ0v) is 17.8. The van der Waals surface area contributed by atoms with Crippen LogP contribution in [0.5, 0.6) is 5.75 Å². The zero-order valence-electron chi connectivity index (χ0n) is 17.8. The molecule has 0 atom stereocenters. The third-order valence-electron chi connectivity index (χ3n) is 5.07. The lowest BCUT2D eigenvalue weighted by molar-refractivity contribution is -0.116. The van der Waals surface area contributed by atoms with E-state index in [0.717, 1.165) is 15.7 Å². The van der Waals surface area contributed by atoms with Crippen LogP contribution in [0, 0.1) is 6.92 Å². The quantitative estimate of drug-likeness (QED) is 0.519. The summed E-state index contributed by atoms with van der Waals surface area (Å²) in [7, 11) is 3.05. The highest BCUT2D eigenvalue weighted by molar-refractivity contribution is 5.90. The lowest BCUT2D eigenvalue weighted by Crippen LogP contribution is -2.42. The van der Waals surface area contributed by atoms with Gasteiger partial charge in [-0.15, -0.1) is 0 Å². The molecule has 32 heavy (non-hydrogen) atoms. The fourth-order valence-corrected chi connectivity index (χ4v) is 3.28. The van der Waals surface area contributed by atoms with Gasteiger partial charge in [0, 0.05) is 24.5 Å². The minimum atomic E-state index is -0.638. The maximum absolute atomic E-state index is 12.9. The van der Waals surface area contributed by atoms with Crippen molar-refractivity contribution in [3.63, 3.8) is 0 Å². The number of benzene rings is 2. The van der Waals surface area contributed by atoms with Crippen molar-refractivity contribution in [2.45, 2.75) is 13.5 Å². The zero-order chi connectivity index (χ0) is 22.8. The molecule has 0 aliphatic rings. The van der Waals surface area contributed by atoms with E-state index in [1.807, 2.05) is 31.2 Å². The van der Waals surface area contributed by atoms with Gasteiger partial charge in [-0.1, -0.05) is 29.8 Å². The summed E-state index contributed by atoms with van der Waals surface area (Å²) in [4.78, 5) is 47.0. The average Bonchev–Trinajstić information content (AvgIpc) is 2.81. The Balaban J connectivity index is 1.67. The van der Waals surface area contributed by atoms with Crippen molar-refractivity contribution in [3.8, 4) is 17.1 Å². The number of hydrogen-bond donors (Lipinski definition) is 1. The number of amides is 1. The van der Waals surface area contributed by atoms with E-state index in [-0.39, 0.29) is 11.0 Å². The van der Waals surface area contributed by atoms with Crippen LogP contribution < -0.4 is 21.3 Å². The number of fused-ring (bicyclic) bond motifs is 1. The summed E-state index contributed by atoms with van der Waals surface area (Å²) >= 11 is 0. The minimum Gasteiger partial charge on any atom is -0.497 e. The van der Waals surface area contributed by atoms with E-state index in [2.05, 4.69) is 15.3 Å². The number of aromatic nitrogens is 4. The van der Waals surface area contributed by atoms with E-state index < -0.39 is 23.7 Å². The number of hydrogen-bond acceptors (Lipinski definition) is 6. The number of rotatable bonds is 5. The Kier molecular flexibility index (Phi) is 5.55. The van der Waals surface area contributed by atoms with Crippen molar-refractivity contribution in [1.82, 2.24) is 19.1 Å². The minimum absolute atomic E-state index is 0.153. The lowest BCUT2D eigenvalue weighted by atomic mass is 10.1. The highest BCUT2D eigenvalue weighted by Crippen LogP contribution is 2.17. The number of nitrogens with zero attached hydrogens (tertiary/aromatic N) is 4. The molecule has 4 aromatic rings. The van der Waals surface area contributed by atoms with Gasteiger partial charge in [0.2, 0.25) is 5.91 Å². The van der Waals surface area contributed by atoms with E-state index in [4.69, 9.17) is 4.74 Å². The van der Waals surface area contributed by atoms with E-state index in [1.54, 1.807) is 31.4 Å². The van der Waals surface area contributed by atoms with Crippen LogP contribution >= 0.6 is 0 Å². The van der Waals surface area contributed by atoms with Gasteiger partial charge in [0.15, 0.2) is 11.5 Å². The Morgan fingerprint density at radius 3 is 2.41 bits per heavy atom. The summed E-state index contributed by atoms with van der Waals surface area (Å²) in [5, 5.41) is 2.82. The molecule has 1 N–H and O–H groups in total. The Bertz CT molecular complexity index is 1420. The molecule has 0 radical (unpaired) electrons. The van der Waals surface area contributed by atoms with Gasteiger partial charge >= 0.3 is 5.69 Å². The van der Waals surface area contributed by atoms with Crippen molar-refractivity contribution in [1.29, 1.82) is 0 Å². The first-order chi connectivity index (χ1) is 15.4. The number of ether oxygens (including phenoxy) is 1. The van der Waals surface area contributed by atoms with Crippen molar-refractivity contribution < 1.29 is 9.53 Å². The topological polar surface area (TPSA) is 108 Å². The molecule has 0 spiro atoms. The molecule has 0 saturated heterocycles. The van der Waals surface area contributed by atoms with Crippen molar-refractivity contribution >= 4 is 22.6 Å². The maximum Gasteiger partial charge on any atom is 0.332 e. The fraction of sp³-hybridized carbons (Fsp3) is 0.174. The van der Waals surface area contributed by atoms with Crippen molar-refractivity contribution in [2.24, 2.45) is 7.05 Å². The van der Waals surface area contributed by atoms with Gasteiger partial charge in [-0.05, 0) is 31.2 Å². The number of carbonyl (C=O) groups is 1. The Morgan fingerprint density at radius 2 is 1.75 bits per heavy atom. The largest absolute Gasteiger partial charge is 0.497 e. The summed E-state index contributed by atoms with van der Waals surface area (Å²) < 4.78 is 7.20. The highest BCUT2D eigenvalue weighted by atomic mass is 16.5. The third kappa shape index (κ3) is 4.00. The molecule has 0 unspecified atom stereocenters. The van der Waals surface area contributed by atoms with E-state index in [9.17, 15) is 14.4 Å². The van der Waals surface area contributed by atoms with E-state index in [0.29, 0.717) is 17.3 Å². The third-order valence-corrected chi connectivity index (χ3v) is 5.07. The summed E-state index contributed by atoms with van der Waals surface area (Å²) in [5.74, 6) is 0.542. The summed E-state index contributed by atoms with van der Waals surface area (Å²) in [5.41, 5.74) is 1.33. The van der Waals surface area contributed by atoms with Crippen molar-refractivity contribution in [2.75, 3.05) is 12.4 Å². The molecule has 9 nitrogen and oxygen atoms in total. The number of aryl methyl sites for hydroxylation is 2. The molecule has 0 aliphatic carbocycles. The van der Waals surface area contributed by atoms with Crippen LogP contribution in [0.1, 0.15) is 5.56 Å². The normalized spacial score (nSPS) is 10.8. The van der Waals surface area contributed by atoms with Gasteiger partial charge in [0.05, 0.1) is 7.11 Å². The van der Waals surface area contributed by atoms with Crippen molar-refractivity contribution in [3.05, 3.63) is 81.1 Å². The smallest absolute Gasteiger partial charge is 0.332 e. The molecule has 0 saturated carbocycles. The predicted molar refractivity (Wildman–Crippen MR) is 121 cm³/mol. The molecule has 4 rings (SSSR count). The first-order valence-corrected chi connectivity index (χ1v) is 9.85. The van der Waals surface area contributed by atoms with Crippen LogP contribution in [0.15, 0.2) is 64.3 Å². The lowest BCUT2D eigenvalue weighted by Gasteiger charge is -2.11. The monoisotopic (exact) mass is 431 g/mol. The summed E-state index contributed by atoms with van der Waals surface area (Å²) in [6.07, 6.45) is 1.39. The van der Waals surface area contributed by atoms with Crippen LogP contribution in [0.25, 0.3) is 22.4 Å². The summed E-state index contributed by atoms with van der Waals surface area (Å²) in [6, 6.07) is 14.3. The first-order valence-electron chi connectivity index (χ1n) is 9.85. The summed E-state index contributed by atoms with van der Waals surface area (Å²) in [6.45, 7) is 1.54. The molecule has 0 bridgehead atoms. The van der Waals surface area contributed by atoms with Crippen LogP contribution in [0.3, 0.4) is 0 Å². The molecular formula is C23H21N5O4. The molecular weight excluding hydrogens is 410 g/mol. The molecule has 162 valence electrons. The first kappa shape index (κ1) is 21.0. The second-order valence-electron chi connectivity index (χ2n) is 7.31. The van der Waals surface area contributed by atoms with E-state index in [1.165, 1.54) is 17.8 Å². The highest BCUT2D eigenvalue weighted by Gasteiger charge is 2.16. The maximum atomic E-state index is 12.9. The second-order valence-corrected chi connectivity index (χ2v) is 7.31. The van der Waals surface area contributed by atoms with E-state index >= 15 is 0 Å². The van der Waals surface area contributed by atoms with Crippen LogP contribution in [0.4, 0.5) is 5.69 Å². The molecule has 2 aromatic heterocycles. The average molecular weight is 431 g/mol. The van der Waals surface area contributed by atoms with Gasteiger partial charge in [0.1, 0.15) is 17.7 Å². The SMILES string of the molecule is COc1ccc(NC(=O)Cn2c(=O)c3cnc(-c4ccc(C)cc4)nc3n(C)c2=O)cc1. The number of methoxy groups -OCH3 is 1. The molecule has 2 aromatic carbocycles. The number of nitrogens with one attached hydrogen (secondary N) is 1. The van der Waals surface area contributed by atoms with Crippen LogP contribution in [-0.2, 0) is 18.4 Å². The standard InChI is InChI=1S/C23H21N5O4/c1-14-4-6-15(7-5-14)20-24-12-18-21(26-20)27(2)23(31)28(22(18)30)13-19(29)25-16-8-10-17(32-3)11-9-16/h4-12H,13H2,1-3H3,(H,25,29). The molecule has 0 fully saturated rings.